The molecule has 9 N–H and O–H groups in total. The second kappa shape index (κ2) is 48.2. The summed E-state index contributed by atoms with van der Waals surface area (Å²) in [6, 6.07) is 78.5. The zero-order valence-electron chi connectivity index (χ0n) is 62.1. The number of rotatable bonds is 11. The zero-order valence-corrected chi connectivity index (χ0v) is 63.1. The van der Waals surface area contributed by atoms with Crippen molar-refractivity contribution in [1.29, 1.82) is 0 Å². The normalized spacial score (nSPS) is 9.34. The van der Waals surface area contributed by atoms with E-state index in [0.717, 1.165) is 57.7 Å². The van der Waals surface area contributed by atoms with Gasteiger partial charge in [0.05, 0.1) is 24.6 Å². The van der Waals surface area contributed by atoms with Crippen molar-refractivity contribution in [2.24, 2.45) is 0 Å². The molecule has 0 radical (unpaired) electrons. The van der Waals surface area contributed by atoms with Crippen molar-refractivity contribution in [2.75, 3.05) is 54.3 Å². The number of nitro benzene ring substituents is 5. The Balaban J connectivity index is 0.000000325. The van der Waals surface area contributed by atoms with E-state index in [4.69, 9.17) is 36.5 Å². The molecule has 554 valence electrons. The summed E-state index contributed by atoms with van der Waals surface area (Å²) in [6.45, 7) is 12.2. The van der Waals surface area contributed by atoms with Crippen molar-refractivity contribution in [2.45, 2.75) is 53.3 Å². The lowest BCUT2D eigenvalue weighted by atomic mass is 10.0. The molecule has 0 aliphatic carbocycles. The van der Waals surface area contributed by atoms with Gasteiger partial charge in [-0.15, -0.1) is 24.8 Å². The first-order valence-electron chi connectivity index (χ1n) is 33.4. The SMILES string of the molecule is C#C[Si](C)(C)C.C#Cc1cccc(N)c1.C#Cc1cccc([N+](=O)[O-])c1.CNc1cccc(C#Cc2cccc([N+](=O)[O-])c2)c1.CNc1cccc(C)c1.CNc1cccc(CCc2cccc(N)c2)c1.Cc1cccc([N+](=O)[O-])c1.Cc1cccc([N+](=O)[O-])c1.Nc1cccc(C#Cc2cccc([N+](=O)[O-])c2)c1. The number of anilines is 6. The van der Waals surface area contributed by atoms with Gasteiger partial charge in [-0.3, -0.25) is 50.6 Å². The average Bonchev–Trinajstić information content (AvgIpc) is 0.895. The van der Waals surface area contributed by atoms with Crippen LogP contribution in [0.4, 0.5) is 62.6 Å². The molecule has 109 heavy (non-hydrogen) atoms. The van der Waals surface area contributed by atoms with Gasteiger partial charge in [0.25, 0.3) is 28.4 Å². The van der Waals surface area contributed by atoms with Gasteiger partial charge in [-0.1, -0.05) is 152 Å². The van der Waals surface area contributed by atoms with Crippen LogP contribution < -0.4 is 33.2 Å². The summed E-state index contributed by atoms with van der Waals surface area (Å²) in [5.41, 5.74) is 35.5. The second-order valence-electron chi connectivity index (χ2n) is 24.2. The lowest BCUT2D eigenvalue weighted by Crippen LogP contribution is -2.15. The summed E-state index contributed by atoms with van der Waals surface area (Å²) in [5, 5.41) is 61.1. The first-order chi connectivity index (χ1) is 52.0. The number of nitrogens with one attached hydrogen (secondary N) is 3. The Morgan fingerprint density at radius 3 is 0.881 bits per heavy atom. The van der Waals surface area contributed by atoms with Crippen LogP contribution in [0.25, 0.3) is 0 Å². The highest BCUT2D eigenvalue weighted by Crippen LogP contribution is 2.19. The summed E-state index contributed by atoms with van der Waals surface area (Å²) < 4.78 is 0. The van der Waals surface area contributed by atoms with Gasteiger partial charge in [0.15, 0.2) is 0 Å². The number of terminal acetylenes is 3. The molecule has 0 spiro atoms. The van der Waals surface area contributed by atoms with Crippen LogP contribution in [-0.4, -0.2) is 53.8 Å². The van der Waals surface area contributed by atoms with E-state index in [1.807, 2.05) is 126 Å². The summed E-state index contributed by atoms with van der Waals surface area (Å²) in [6.07, 6.45) is 17.3. The molecule has 0 aliphatic rings. The molecule has 0 aromatic heterocycles. The molecular weight excluding hydrogens is 1390 g/mol. The van der Waals surface area contributed by atoms with Crippen molar-refractivity contribution in [1.82, 2.24) is 0 Å². The Bertz CT molecular complexity index is 5040. The second-order valence-corrected chi connectivity index (χ2v) is 29.0. The molecule has 0 amide bonds. The van der Waals surface area contributed by atoms with Crippen molar-refractivity contribution >= 4 is 70.6 Å². The first kappa shape index (κ1) is 88.5. The van der Waals surface area contributed by atoms with Crippen LogP contribution in [0.1, 0.15) is 61.2 Å². The monoisotopic (exact) mass is 1470 g/mol. The van der Waals surface area contributed by atoms with Crippen molar-refractivity contribution < 1.29 is 24.6 Å². The maximum absolute atomic E-state index is 10.7. The summed E-state index contributed by atoms with van der Waals surface area (Å²) in [5.74, 6) is 16.5. The fourth-order valence-electron chi connectivity index (χ4n) is 8.59. The number of hydrogen-bond donors (Lipinski definition) is 6. The molecule has 22 heteroatoms. The Morgan fingerprint density at radius 1 is 0.321 bits per heavy atom. The maximum Gasteiger partial charge on any atom is 0.270 e. The minimum Gasteiger partial charge on any atom is -0.399 e. The van der Waals surface area contributed by atoms with Crippen molar-refractivity contribution in [3.05, 3.63) is 379 Å². The minimum atomic E-state index is -1.10. The number of nitrogens with two attached hydrogens (primary N) is 3. The molecular formula is C87H87N11O10Si. The van der Waals surface area contributed by atoms with Crippen LogP contribution in [0.15, 0.2) is 267 Å². The number of nitro groups is 5. The third-order valence-electron chi connectivity index (χ3n) is 14.2. The Morgan fingerprint density at radius 2 is 0.569 bits per heavy atom. The van der Waals surface area contributed by atoms with E-state index in [1.54, 1.807) is 84.9 Å². The number of aryl methyl sites for hydroxylation is 5. The van der Waals surface area contributed by atoms with Crippen LogP contribution in [0.3, 0.4) is 0 Å². The molecule has 11 aromatic rings. The number of nitrogen functional groups attached to an aromatic ring is 3. The molecule has 0 saturated carbocycles. The van der Waals surface area contributed by atoms with E-state index in [-0.39, 0.29) is 28.4 Å². The van der Waals surface area contributed by atoms with E-state index < -0.39 is 32.7 Å². The molecule has 0 atom stereocenters. The fraction of sp³-hybridized carbons (Fsp3) is 0.126. The van der Waals surface area contributed by atoms with Gasteiger partial charge in [0.1, 0.15) is 8.07 Å². The van der Waals surface area contributed by atoms with Gasteiger partial charge < -0.3 is 33.2 Å². The van der Waals surface area contributed by atoms with Gasteiger partial charge in [-0.25, -0.2) is 0 Å². The third-order valence-corrected chi connectivity index (χ3v) is 15.0. The molecule has 21 nitrogen and oxygen atoms in total. The molecule has 0 bridgehead atoms. The quantitative estimate of drug-likeness (QED) is 0.0230. The standard InChI is InChI=1S/C15H12N2O2.C15H18N2.C14H10N2O2.C8H5NO2.C8H11N.C8H7N.2C7H7NO2.C5H10Si/c1-16-14-6-2-4-12(10-14)8-9-13-5-3-7-15(11-13)17(18)19;1-17-15-7-3-5-13(11-15)9-8-12-4-2-6-14(16)10-12;15-13-5-1-3-11(9-13)7-8-12-4-2-6-14(10-12)16(17)18;1-2-7-4-3-5-8(6-7)9(10)11;1-7-4-3-5-8(6-7)9-2;1-2-7-4-3-5-8(9)6-7;2*1-6-3-2-4-7(5-6)8(9)10;1-5-6(2,3)4/h2-7,10-11,16H,1H3;2-7,10-11,17H,8-9,16H2,1H3;1-6,9-10H,15H2;1,3-6H;3-6,9H,1-2H3;1,3-6H,9H2;2*2-5H,1H3;1H,2-4H3. The Labute approximate surface area is 638 Å². The summed E-state index contributed by atoms with van der Waals surface area (Å²) in [4.78, 5) is 49.7. The van der Waals surface area contributed by atoms with E-state index in [9.17, 15) is 50.6 Å². The molecule has 0 unspecified atom stereocenters. The van der Waals surface area contributed by atoms with Crippen LogP contribution in [0.5, 0.6) is 0 Å². The van der Waals surface area contributed by atoms with Crippen molar-refractivity contribution in [3.8, 4) is 60.3 Å². The number of nitrogens with zero attached hydrogens (tertiary/aromatic N) is 5. The summed E-state index contributed by atoms with van der Waals surface area (Å²) >= 11 is 0. The molecule has 0 heterocycles. The predicted molar refractivity (Wildman–Crippen MR) is 448 cm³/mol. The topological polar surface area (TPSA) is 330 Å². The zero-order chi connectivity index (χ0) is 80.7. The molecule has 0 fully saturated rings. The van der Waals surface area contributed by atoms with Crippen LogP contribution in [-0.2, 0) is 12.8 Å². The predicted octanol–water partition coefficient (Wildman–Crippen LogP) is 18.9. The van der Waals surface area contributed by atoms with Gasteiger partial charge >= 0.3 is 0 Å². The van der Waals surface area contributed by atoms with E-state index >= 15 is 0 Å². The highest BCUT2D eigenvalue weighted by Gasteiger charge is 2.08. The van der Waals surface area contributed by atoms with Crippen LogP contribution in [0, 0.1) is 132 Å². The van der Waals surface area contributed by atoms with E-state index in [0.29, 0.717) is 28.1 Å². The number of non-ortho nitro benzene ring substituents is 5. The third kappa shape index (κ3) is 37.8. The van der Waals surface area contributed by atoms with Gasteiger partial charge in [0, 0.05) is 149 Å². The number of benzene rings is 11. The molecule has 0 saturated heterocycles. The van der Waals surface area contributed by atoms with E-state index in [2.05, 4.69) is 126 Å². The van der Waals surface area contributed by atoms with Crippen LogP contribution in [0.2, 0.25) is 19.6 Å². The van der Waals surface area contributed by atoms with Gasteiger partial charge in [-0.05, 0) is 171 Å². The fourth-order valence-corrected chi connectivity index (χ4v) is 8.59. The average molecular weight is 1470 g/mol. The largest absolute Gasteiger partial charge is 0.399 e. The van der Waals surface area contributed by atoms with Gasteiger partial charge in [-0.2, -0.15) is 0 Å². The van der Waals surface area contributed by atoms with Crippen molar-refractivity contribution in [3.63, 3.8) is 0 Å². The molecule has 11 rings (SSSR count). The van der Waals surface area contributed by atoms with E-state index in [1.165, 1.54) is 70.9 Å². The molecule has 0 aliphatic heterocycles. The number of hydrogen-bond acceptors (Lipinski definition) is 16. The lowest BCUT2D eigenvalue weighted by Gasteiger charge is -2.05. The highest BCUT2D eigenvalue weighted by molar-refractivity contribution is 6.83. The summed E-state index contributed by atoms with van der Waals surface area (Å²) in [7, 11) is 4.60. The maximum atomic E-state index is 10.7. The smallest absolute Gasteiger partial charge is 0.270 e. The first-order valence-corrected chi connectivity index (χ1v) is 36.9. The van der Waals surface area contributed by atoms with Gasteiger partial charge in [0.2, 0.25) is 0 Å². The lowest BCUT2D eigenvalue weighted by molar-refractivity contribution is -0.385. The Hall–Kier alpha value is -14.8. The molecule has 11 aromatic carbocycles. The Kier molecular flexibility index (Phi) is 39.1. The van der Waals surface area contributed by atoms with Crippen LogP contribution >= 0.6 is 0 Å². The minimum absolute atomic E-state index is 0.0282. The highest BCUT2D eigenvalue weighted by atomic mass is 28.3.